The lowest BCUT2D eigenvalue weighted by molar-refractivity contribution is 1.13. The summed E-state index contributed by atoms with van der Waals surface area (Å²) < 4.78 is 0. The molecule has 0 radical (unpaired) electrons. The minimum atomic E-state index is 0. The van der Waals surface area contributed by atoms with Crippen molar-refractivity contribution in [1.29, 1.82) is 0 Å². The van der Waals surface area contributed by atoms with E-state index in [-0.39, 0.29) is 12.4 Å². The highest BCUT2D eigenvalue weighted by Gasteiger charge is 1.99. The van der Waals surface area contributed by atoms with Gasteiger partial charge in [-0.1, -0.05) is 12.1 Å². The van der Waals surface area contributed by atoms with E-state index in [1.54, 1.807) is 0 Å². The Hall–Kier alpha value is -0.930. The van der Waals surface area contributed by atoms with Gasteiger partial charge in [-0.3, -0.25) is 5.84 Å². The van der Waals surface area contributed by atoms with E-state index < -0.39 is 0 Å². The third-order valence-electron chi connectivity index (χ3n) is 1.54. The lowest BCUT2D eigenvalue weighted by Crippen LogP contribution is -2.14. The maximum absolute atomic E-state index is 5.31. The average molecular weight is 188 g/mol. The Morgan fingerprint density at radius 3 is 2.25 bits per heavy atom. The van der Waals surface area contributed by atoms with E-state index in [2.05, 4.69) is 5.43 Å². The normalized spacial score (nSPS) is 8.58. The lowest BCUT2D eigenvalue weighted by atomic mass is 10.2. The second-order valence-corrected chi connectivity index (χ2v) is 2.56. The van der Waals surface area contributed by atoms with Gasteiger partial charge in [0.15, 0.2) is 0 Å². The number of para-hydroxylation sites is 2. The zero-order valence-corrected chi connectivity index (χ0v) is 8.06. The largest absolute Gasteiger partial charge is 0.376 e. The summed E-state index contributed by atoms with van der Waals surface area (Å²) in [5, 5.41) is 0. The van der Waals surface area contributed by atoms with Crippen molar-refractivity contribution in [2.45, 2.75) is 0 Å². The number of nitrogens with one attached hydrogen (secondary N) is 1. The first-order chi connectivity index (χ1) is 5.25. The lowest BCUT2D eigenvalue weighted by Gasteiger charge is -2.16. The second-order valence-electron chi connectivity index (χ2n) is 2.56. The van der Waals surface area contributed by atoms with Crippen molar-refractivity contribution < 1.29 is 0 Å². The molecule has 4 heteroatoms. The molecule has 0 amide bonds. The monoisotopic (exact) mass is 187 g/mol. The minimum absolute atomic E-state index is 0. The topological polar surface area (TPSA) is 41.3 Å². The number of nitrogens with two attached hydrogens (primary N) is 1. The first kappa shape index (κ1) is 11.1. The Labute approximate surface area is 78.9 Å². The van der Waals surface area contributed by atoms with Gasteiger partial charge in [0.1, 0.15) is 0 Å². The highest BCUT2D eigenvalue weighted by atomic mass is 35.5. The van der Waals surface area contributed by atoms with Crippen molar-refractivity contribution in [1.82, 2.24) is 0 Å². The molecule has 1 rings (SSSR count). The van der Waals surface area contributed by atoms with Crippen LogP contribution in [0.5, 0.6) is 0 Å². The van der Waals surface area contributed by atoms with Crippen molar-refractivity contribution in [3.05, 3.63) is 24.3 Å². The molecule has 0 fully saturated rings. The smallest absolute Gasteiger partial charge is 0.0719 e. The maximum atomic E-state index is 5.31. The summed E-state index contributed by atoms with van der Waals surface area (Å²) in [7, 11) is 3.96. The summed E-state index contributed by atoms with van der Waals surface area (Å²) in [6.45, 7) is 0. The summed E-state index contributed by atoms with van der Waals surface area (Å²) in [6.07, 6.45) is 0. The van der Waals surface area contributed by atoms with Crippen LogP contribution in [-0.4, -0.2) is 14.1 Å². The van der Waals surface area contributed by atoms with Gasteiger partial charge in [0.2, 0.25) is 0 Å². The van der Waals surface area contributed by atoms with Crippen LogP contribution < -0.4 is 16.2 Å². The zero-order valence-electron chi connectivity index (χ0n) is 7.24. The van der Waals surface area contributed by atoms with Gasteiger partial charge in [0, 0.05) is 14.1 Å². The second kappa shape index (κ2) is 4.85. The highest BCUT2D eigenvalue weighted by molar-refractivity contribution is 5.85. The SMILES string of the molecule is CN(C)c1ccccc1NN.Cl. The van der Waals surface area contributed by atoms with Gasteiger partial charge in [-0.25, -0.2) is 0 Å². The van der Waals surface area contributed by atoms with Gasteiger partial charge in [0.05, 0.1) is 11.4 Å². The predicted octanol–water partition coefficient (Wildman–Crippen LogP) is 1.46. The first-order valence-electron chi connectivity index (χ1n) is 3.48. The van der Waals surface area contributed by atoms with Gasteiger partial charge in [-0.2, -0.15) is 0 Å². The van der Waals surface area contributed by atoms with Crippen LogP contribution in [0, 0.1) is 0 Å². The van der Waals surface area contributed by atoms with E-state index in [9.17, 15) is 0 Å². The first-order valence-corrected chi connectivity index (χ1v) is 3.48. The molecule has 3 N–H and O–H groups in total. The molecule has 0 heterocycles. The van der Waals surface area contributed by atoms with Crippen LogP contribution in [0.1, 0.15) is 0 Å². The van der Waals surface area contributed by atoms with E-state index in [1.807, 2.05) is 43.3 Å². The Morgan fingerprint density at radius 2 is 1.83 bits per heavy atom. The quantitative estimate of drug-likeness (QED) is 0.544. The molecule has 0 bridgehead atoms. The molecule has 68 valence electrons. The van der Waals surface area contributed by atoms with Gasteiger partial charge in [0.25, 0.3) is 0 Å². The molecule has 0 unspecified atom stereocenters. The number of hydrogen-bond acceptors (Lipinski definition) is 3. The summed E-state index contributed by atoms with van der Waals surface area (Å²) in [4.78, 5) is 2.01. The Morgan fingerprint density at radius 1 is 1.25 bits per heavy atom. The van der Waals surface area contributed by atoms with Gasteiger partial charge < -0.3 is 10.3 Å². The van der Waals surface area contributed by atoms with Crippen LogP contribution in [0.2, 0.25) is 0 Å². The number of nitrogens with zero attached hydrogens (tertiary/aromatic N) is 1. The molecular formula is C8H14ClN3. The number of benzene rings is 1. The summed E-state index contributed by atoms with van der Waals surface area (Å²) in [5.74, 6) is 5.31. The number of halogens is 1. The van der Waals surface area contributed by atoms with E-state index in [0.29, 0.717) is 0 Å². The molecule has 0 aliphatic rings. The average Bonchev–Trinajstić information content (AvgIpc) is 2.04. The molecule has 0 aromatic heterocycles. The van der Waals surface area contributed by atoms with Crippen molar-refractivity contribution in [3.8, 4) is 0 Å². The molecule has 0 aliphatic carbocycles. The summed E-state index contributed by atoms with van der Waals surface area (Å²) in [6, 6.07) is 7.88. The van der Waals surface area contributed by atoms with Crippen LogP contribution in [-0.2, 0) is 0 Å². The molecule has 0 aliphatic heterocycles. The van der Waals surface area contributed by atoms with Crippen molar-refractivity contribution in [3.63, 3.8) is 0 Å². The van der Waals surface area contributed by atoms with Crippen LogP contribution in [0.25, 0.3) is 0 Å². The number of hydrazine groups is 1. The number of rotatable bonds is 2. The van der Waals surface area contributed by atoms with E-state index in [1.165, 1.54) is 0 Å². The van der Waals surface area contributed by atoms with E-state index >= 15 is 0 Å². The number of nitrogen functional groups attached to an aromatic ring is 1. The number of hydrogen-bond donors (Lipinski definition) is 2. The molecule has 1 aromatic carbocycles. The Bertz CT molecular complexity index is 237. The van der Waals surface area contributed by atoms with E-state index in [4.69, 9.17) is 5.84 Å². The van der Waals surface area contributed by atoms with Crippen LogP contribution in [0.4, 0.5) is 11.4 Å². The van der Waals surface area contributed by atoms with Gasteiger partial charge in [-0.05, 0) is 12.1 Å². The Balaban J connectivity index is 0.00000121. The van der Waals surface area contributed by atoms with Crippen molar-refractivity contribution in [2.24, 2.45) is 5.84 Å². The third-order valence-corrected chi connectivity index (χ3v) is 1.54. The van der Waals surface area contributed by atoms with E-state index in [0.717, 1.165) is 11.4 Å². The maximum Gasteiger partial charge on any atom is 0.0719 e. The summed E-state index contributed by atoms with van der Waals surface area (Å²) >= 11 is 0. The fourth-order valence-electron chi connectivity index (χ4n) is 0.986. The van der Waals surface area contributed by atoms with Crippen LogP contribution in [0.15, 0.2) is 24.3 Å². The van der Waals surface area contributed by atoms with Crippen molar-refractivity contribution >= 4 is 23.8 Å². The fraction of sp³-hybridized carbons (Fsp3) is 0.250. The molecule has 0 spiro atoms. The summed E-state index contributed by atoms with van der Waals surface area (Å²) in [5.41, 5.74) is 4.67. The molecule has 1 aromatic rings. The standard InChI is InChI=1S/C8H13N3.ClH/c1-11(2)8-6-4-3-5-7(8)10-9;/h3-6,10H,9H2,1-2H3;1H. The third kappa shape index (κ3) is 2.29. The Kier molecular flexibility index (Phi) is 4.47. The molecule has 0 saturated carbocycles. The molecule has 3 nitrogen and oxygen atoms in total. The van der Waals surface area contributed by atoms with Gasteiger partial charge >= 0.3 is 0 Å². The molecule has 0 saturated heterocycles. The fourth-order valence-corrected chi connectivity index (χ4v) is 0.986. The van der Waals surface area contributed by atoms with Crippen LogP contribution >= 0.6 is 12.4 Å². The molecular weight excluding hydrogens is 174 g/mol. The predicted molar refractivity (Wildman–Crippen MR) is 55.8 cm³/mol. The number of anilines is 2. The zero-order chi connectivity index (χ0) is 8.27. The van der Waals surface area contributed by atoms with Gasteiger partial charge in [-0.15, -0.1) is 12.4 Å². The molecule has 12 heavy (non-hydrogen) atoms. The highest BCUT2D eigenvalue weighted by Crippen LogP contribution is 2.21. The van der Waals surface area contributed by atoms with Crippen molar-refractivity contribution in [2.75, 3.05) is 24.4 Å². The molecule has 0 atom stereocenters. The van der Waals surface area contributed by atoms with Crippen LogP contribution in [0.3, 0.4) is 0 Å². The minimum Gasteiger partial charge on any atom is -0.376 e.